The van der Waals surface area contributed by atoms with Gasteiger partial charge in [0, 0.05) is 17.7 Å². The number of ether oxygens (including phenoxy) is 1. The molecule has 0 aliphatic rings. The van der Waals surface area contributed by atoms with Gasteiger partial charge in [-0.25, -0.2) is 4.79 Å². The summed E-state index contributed by atoms with van der Waals surface area (Å²) >= 11 is 0. The molecule has 0 aliphatic heterocycles. The number of hydrogen-bond donors (Lipinski definition) is 1. The normalized spacial score (nSPS) is 12.1. The number of nitro benzene ring substituents is 1. The molecule has 1 aromatic carbocycles. The van der Waals surface area contributed by atoms with Gasteiger partial charge >= 0.3 is 6.09 Å². The zero-order chi connectivity index (χ0) is 17.6. The molecule has 1 atom stereocenters. The Hall–Kier alpha value is -2.70. The second-order valence-electron chi connectivity index (χ2n) is 5.89. The van der Waals surface area contributed by atoms with Crippen molar-refractivity contribution in [3.63, 3.8) is 0 Å². The van der Waals surface area contributed by atoms with Crippen LogP contribution in [0.4, 0.5) is 10.5 Å². The van der Waals surface area contributed by atoms with Crippen LogP contribution in [0.25, 0.3) is 0 Å². The minimum Gasteiger partial charge on any atom is -0.444 e. The van der Waals surface area contributed by atoms with Crippen LogP contribution in [0, 0.1) is 10.1 Å². The second-order valence-corrected chi connectivity index (χ2v) is 5.89. The molecule has 124 valence electrons. The third kappa shape index (κ3) is 5.90. The molecule has 1 rings (SSSR count). The molecule has 0 bridgehead atoms. The van der Waals surface area contributed by atoms with E-state index in [1.165, 1.54) is 30.3 Å². The number of benzene rings is 1. The quantitative estimate of drug-likeness (QED) is 0.375. The van der Waals surface area contributed by atoms with Crippen LogP contribution in [0.2, 0.25) is 0 Å². The van der Waals surface area contributed by atoms with Gasteiger partial charge < -0.3 is 10.1 Å². The Balaban J connectivity index is 2.87. The number of carbonyl (C=O) groups is 2. The van der Waals surface area contributed by atoms with Crippen LogP contribution in [0.5, 0.6) is 0 Å². The smallest absolute Gasteiger partial charge is 0.408 e. The third-order valence-corrected chi connectivity index (χ3v) is 2.77. The van der Waals surface area contributed by atoms with Crippen molar-refractivity contribution < 1.29 is 19.2 Å². The molecular formula is C16H20N2O5. The molecule has 1 aromatic rings. The van der Waals surface area contributed by atoms with Crippen LogP contribution >= 0.6 is 0 Å². The van der Waals surface area contributed by atoms with Crippen LogP contribution in [-0.4, -0.2) is 28.4 Å². The number of hydrogen-bond acceptors (Lipinski definition) is 5. The molecule has 1 N–H and O–H groups in total. The summed E-state index contributed by atoms with van der Waals surface area (Å²) in [4.78, 5) is 34.3. The highest BCUT2D eigenvalue weighted by molar-refractivity contribution is 6.01. The Morgan fingerprint density at radius 1 is 1.35 bits per heavy atom. The number of amides is 1. The zero-order valence-corrected chi connectivity index (χ0v) is 13.4. The van der Waals surface area contributed by atoms with Gasteiger partial charge in [-0.05, 0) is 39.3 Å². The molecular weight excluding hydrogens is 300 g/mol. The molecule has 0 heterocycles. The van der Waals surface area contributed by atoms with Gasteiger partial charge in [0.25, 0.3) is 5.69 Å². The number of ketones is 1. The third-order valence-electron chi connectivity index (χ3n) is 2.77. The van der Waals surface area contributed by atoms with Crippen LogP contribution in [-0.2, 0) is 4.74 Å². The molecule has 0 saturated carbocycles. The van der Waals surface area contributed by atoms with E-state index in [0.29, 0.717) is 0 Å². The van der Waals surface area contributed by atoms with Gasteiger partial charge in [-0.15, -0.1) is 6.58 Å². The fourth-order valence-corrected chi connectivity index (χ4v) is 1.80. The molecule has 0 aromatic heterocycles. The summed E-state index contributed by atoms with van der Waals surface area (Å²) in [6, 6.07) is 4.35. The first kappa shape index (κ1) is 18.3. The summed E-state index contributed by atoms with van der Waals surface area (Å²) in [6.45, 7) is 8.71. The minimum absolute atomic E-state index is 0.109. The van der Waals surface area contributed by atoms with Gasteiger partial charge in [-0.1, -0.05) is 6.08 Å². The van der Waals surface area contributed by atoms with Crippen molar-refractivity contribution >= 4 is 17.6 Å². The zero-order valence-electron chi connectivity index (χ0n) is 13.4. The van der Waals surface area contributed by atoms with E-state index >= 15 is 0 Å². The Labute approximate surface area is 134 Å². The van der Waals surface area contributed by atoms with Gasteiger partial charge in [-0.3, -0.25) is 14.9 Å². The molecule has 0 aliphatic carbocycles. The van der Waals surface area contributed by atoms with Crippen LogP contribution in [0.1, 0.15) is 37.6 Å². The van der Waals surface area contributed by atoms with Gasteiger partial charge in [0.05, 0.1) is 11.0 Å². The lowest BCUT2D eigenvalue weighted by Crippen LogP contribution is -2.43. The fourth-order valence-electron chi connectivity index (χ4n) is 1.80. The molecule has 7 nitrogen and oxygen atoms in total. The average molecular weight is 320 g/mol. The Morgan fingerprint density at radius 2 is 1.91 bits per heavy atom. The summed E-state index contributed by atoms with van der Waals surface area (Å²) in [5.74, 6) is -0.370. The van der Waals surface area contributed by atoms with Crippen molar-refractivity contribution in [2.45, 2.75) is 38.8 Å². The second kappa shape index (κ2) is 7.53. The number of nitrogens with one attached hydrogen (secondary N) is 1. The van der Waals surface area contributed by atoms with E-state index < -0.39 is 22.7 Å². The molecule has 7 heteroatoms. The first-order valence-corrected chi connectivity index (χ1v) is 7.03. The fraction of sp³-hybridized carbons (Fsp3) is 0.375. The highest BCUT2D eigenvalue weighted by Gasteiger charge is 2.24. The first-order chi connectivity index (χ1) is 10.6. The lowest BCUT2D eigenvalue weighted by atomic mass is 10.0. The molecule has 0 fully saturated rings. The van der Waals surface area contributed by atoms with Gasteiger partial charge in [0.2, 0.25) is 0 Å². The highest BCUT2D eigenvalue weighted by atomic mass is 16.6. The number of non-ortho nitro benzene ring substituents is 1. The molecule has 1 unspecified atom stereocenters. The Bertz CT molecular complexity index is 602. The van der Waals surface area contributed by atoms with Crippen molar-refractivity contribution in [1.29, 1.82) is 0 Å². The van der Waals surface area contributed by atoms with Gasteiger partial charge in [0.1, 0.15) is 5.60 Å². The summed E-state index contributed by atoms with van der Waals surface area (Å²) in [7, 11) is 0. The number of nitrogens with zero attached hydrogens (tertiary/aromatic N) is 1. The minimum atomic E-state index is -0.844. The van der Waals surface area contributed by atoms with Crippen molar-refractivity contribution in [2.24, 2.45) is 0 Å². The number of rotatable bonds is 6. The maximum absolute atomic E-state index is 12.4. The van der Waals surface area contributed by atoms with Crippen molar-refractivity contribution in [1.82, 2.24) is 5.32 Å². The summed E-state index contributed by atoms with van der Waals surface area (Å²) in [5, 5.41) is 13.1. The number of alkyl carbamates (subject to hydrolysis) is 1. The first-order valence-electron chi connectivity index (χ1n) is 7.03. The topological polar surface area (TPSA) is 98.5 Å². The van der Waals surface area contributed by atoms with Gasteiger partial charge in [0.15, 0.2) is 5.78 Å². The van der Waals surface area contributed by atoms with Crippen LogP contribution in [0.3, 0.4) is 0 Å². The SMILES string of the molecule is C=CCC(NC(=O)OC(C)(C)C)C(=O)c1ccc([N+](=O)[O-])cc1. The monoisotopic (exact) mass is 320 g/mol. The Morgan fingerprint density at radius 3 is 2.35 bits per heavy atom. The maximum Gasteiger partial charge on any atom is 0.408 e. The maximum atomic E-state index is 12.4. The van der Waals surface area contributed by atoms with E-state index in [1.54, 1.807) is 20.8 Å². The number of carbonyl (C=O) groups excluding carboxylic acids is 2. The number of Topliss-reactive ketones (excluding diaryl/α,β-unsaturated/α-hetero) is 1. The largest absolute Gasteiger partial charge is 0.444 e. The van der Waals surface area contributed by atoms with Crippen LogP contribution < -0.4 is 5.32 Å². The van der Waals surface area contributed by atoms with Crippen molar-refractivity contribution in [3.05, 3.63) is 52.6 Å². The summed E-state index contributed by atoms with van der Waals surface area (Å²) in [5.41, 5.74) is -0.528. The highest BCUT2D eigenvalue weighted by Crippen LogP contribution is 2.15. The van der Waals surface area contributed by atoms with Gasteiger partial charge in [-0.2, -0.15) is 0 Å². The van der Waals surface area contributed by atoms with E-state index in [4.69, 9.17) is 4.74 Å². The average Bonchev–Trinajstić information content (AvgIpc) is 2.44. The molecule has 0 spiro atoms. The number of nitro groups is 1. The van der Waals surface area contributed by atoms with Crippen molar-refractivity contribution in [2.75, 3.05) is 0 Å². The predicted octanol–water partition coefficient (Wildman–Crippen LogP) is 3.25. The molecule has 23 heavy (non-hydrogen) atoms. The van der Waals surface area contributed by atoms with E-state index in [-0.39, 0.29) is 23.5 Å². The lowest BCUT2D eigenvalue weighted by Gasteiger charge is -2.22. The van der Waals surface area contributed by atoms with E-state index in [0.717, 1.165) is 0 Å². The van der Waals surface area contributed by atoms with Crippen molar-refractivity contribution in [3.8, 4) is 0 Å². The van der Waals surface area contributed by atoms with E-state index in [1.807, 2.05) is 0 Å². The molecule has 1 amide bonds. The standard InChI is InChI=1S/C16H20N2O5/c1-5-6-13(17-15(20)23-16(2,3)4)14(19)11-7-9-12(10-8-11)18(21)22/h5,7-10,13H,1,6H2,2-4H3,(H,17,20). The molecule has 0 saturated heterocycles. The van der Waals surface area contributed by atoms with Crippen LogP contribution in [0.15, 0.2) is 36.9 Å². The van der Waals surface area contributed by atoms with E-state index in [9.17, 15) is 19.7 Å². The Kier molecular flexibility index (Phi) is 6.01. The summed E-state index contributed by atoms with van der Waals surface area (Å²) < 4.78 is 5.13. The molecule has 0 radical (unpaired) electrons. The van der Waals surface area contributed by atoms with E-state index in [2.05, 4.69) is 11.9 Å². The summed E-state index contributed by atoms with van der Waals surface area (Å²) in [6.07, 6.45) is 1.01. The predicted molar refractivity (Wildman–Crippen MR) is 85.4 cm³/mol. The lowest BCUT2D eigenvalue weighted by molar-refractivity contribution is -0.384.